The first kappa shape index (κ1) is 20.8. The van der Waals surface area contributed by atoms with Crippen LogP contribution in [-0.2, 0) is 6.42 Å². The van der Waals surface area contributed by atoms with E-state index in [1.807, 2.05) is 45.0 Å². The minimum atomic E-state index is -0.244. The van der Waals surface area contributed by atoms with Crippen LogP contribution in [0.4, 0.5) is 5.69 Å². The van der Waals surface area contributed by atoms with E-state index in [9.17, 15) is 4.79 Å². The zero-order valence-corrected chi connectivity index (χ0v) is 18.4. The summed E-state index contributed by atoms with van der Waals surface area (Å²) in [5, 5.41) is 16.7. The largest absolute Gasteiger partial charge is 0.494 e. The molecule has 9 heteroatoms. The number of amides is 1. The quantitative estimate of drug-likeness (QED) is 0.438. The van der Waals surface area contributed by atoms with Crippen molar-refractivity contribution in [3.8, 4) is 22.1 Å². The maximum Gasteiger partial charge on any atom is 0.255 e. The maximum atomic E-state index is 12.9. The number of nitrogens with zero attached hydrogens (tertiary/aromatic N) is 4. The fraction of sp³-hybridized carbons (Fsp3) is 0.273. The van der Waals surface area contributed by atoms with Gasteiger partial charge in [-0.25, -0.2) is 0 Å². The van der Waals surface area contributed by atoms with Gasteiger partial charge in [-0.1, -0.05) is 30.4 Å². The monoisotopic (exact) mass is 437 g/mol. The summed E-state index contributed by atoms with van der Waals surface area (Å²) in [5.41, 5.74) is 2.03. The van der Waals surface area contributed by atoms with Gasteiger partial charge >= 0.3 is 0 Å². The van der Waals surface area contributed by atoms with E-state index in [1.54, 1.807) is 22.7 Å². The third-order valence-corrected chi connectivity index (χ3v) is 5.45. The van der Waals surface area contributed by atoms with Crippen LogP contribution in [-0.4, -0.2) is 38.9 Å². The lowest BCUT2D eigenvalue weighted by molar-refractivity contribution is 0.102. The second kappa shape index (κ2) is 9.13. The lowest BCUT2D eigenvalue weighted by Crippen LogP contribution is -2.12. The van der Waals surface area contributed by atoms with Crippen LogP contribution < -0.4 is 14.8 Å². The van der Waals surface area contributed by atoms with Crippen LogP contribution in [0.1, 0.15) is 37.0 Å². The van der Waals surface area contributed by atoms with E-state index in [0.29, 0.717) is 36.0 Å². The Balaban J connectivity index is 1.58. The van der Waals surface area contributed by atoms with Crippen molar-refractivity contribution in [1.82, 2.24) is 19.8 Å². The van der Waals surface area contributed by atoms with Crippen molar-refractivity contribution in [3.05, 3.63) is 53.9 Å². The molecule has 31 heavy (non-hydrogen) atoms. The third-order valence-electron chi connectivity index (χ3n) is 4.50. The molecule has 1 amide bonds. The number of benzene rings is 2. The van der Waals surface area contributed by atoms with Crippen molar-refractivity contribution >= 4 is 27.9 Å². The first-order valence-electron chi connectivity index (χ1n) is 10.1. The summed E-state index contributed by atoms with van der Waals surface area (Å²) in [4.78, 5) is 13.6. The van der Waals surface area contributed by atoms with Crippen molar-refractivity contribution in [3.63, 3.8) is 0 Å². The molecule has 2 aromatic heterocycles. The lowest BCUT2D eigenvalue weighted by Gasteiger charge is -2.11. The molecular formula is C22H23N5O3S. The lowest BCUT2D eigenvalue weighted by atomic mass is 10.1. The van der Waals surface area contributed by atoms with Gasteiger partial charge in [0.15, 0.2) is 5.82 Å². The number of nitrogens with one attached hydrogen (secondary N) is 1. The molecule has 0 spiro atoms. The van der Waals surface area contributed by atoms with Crippen LogP contribution >= 0.6 is 11.3 Å². The molecule has 160 valence electrons. The van der Waals surface area contributed by atoms with Gasteiger partial charge in [0.05, 0.1) is 13.2 Å². The van der Waals surface area contributed by atoms with Crippen molar-refractivity contribution in [2.75, 3.05) is 18.5 Å². The molecule has 0 aliphatic rings. The van der Waals surface area contributed by atoms with Gasteiger partial charge in [0.2, 0.25) is 4.96 Å². The molecule has 0 aliphatic heterocycles. The molecule has 8 nitrogen and oxygen atoms in total. The van der Waals surface area contributed by atoms with E-state index in [1.165, 1.54) is 11.3 Å². The Hall–Kier alpha value is -3.46. The average molecular weight is 438 g/mol. The van der Waals surface area contributed by atoms with E-state index in [0.717, 1.165) is 27.8 Å². The van der Waals surface area contributed by atoms with E-state index >= 15 is 0 Å². The number of fused-ring (bicyclic) bond motifs is 1. The zero-order valence-electron chi connectivity index (χ0n) is 17.6. The fourth-order valence-electron chi connectivity index (χ4n) is 3.13. The van der Waals surface area contributed by atoms with Crippen LogP contribution in [0, 0.1) is 0 Å². The molecule has 0 bridgehead atoms. The highest BCUT2D eigenvalue weighted by Gasteiger charge is 2.14. The molecular weight excluding hydrogens is 414 g/mol. The molecule has 0 fully saturated rings. The topological polar surface area (TPSA) is 90.6 Å². The number of ether oxygens (including phenoxy) is 2. The fourth-order valence-corrected chi connectivity index (χ4v) is 3.99. The molecule has 2 aromatic carbocycles. The van der Waals surface area contributed by atoms with Gasteiger partial charge < -0.3 is 14.8 Å². The summed E-state index contributed by atoms with van der Waals surface area (Å²) in [6.07, 6.45) is 0.755. The van der Waals surface area contributed by atoms with Crippen LogP contribution in [0.3, 0.4) is 0 Å². The molecule has 0 atom stereocenters. The molecule has 1 N–H and O–H groups in total. The highest BCUT2D eigenvalue weighted by atomic mass is 32.1. The second-order valence-electron chi connectivity index (χ2n) is 6.67. The third kappa shape index (κ3) is 4.51. The van der Waals surface area contributed by atoms with E-state index in [4.69, 9.17) is 9.47 Å². The van der Waals surface area contributed by atoms with Gasteiger partial charge in [0.1, 0.15) is 16.5 Å². The summed E-state index contributed by atoms with van der Waals surface area (Å²) >= 11 is 1.46. The van der Waals surface area contributed by atoms with Crippen molar-refractivity contribution in [1.29, 1.82) is 0 Å². The van der Waals surface area contributed by atoms with E-state index in [2.05, 4.69) is 20.6 Å². The molecule has 4 rings (SSSR count). The Bertz CT molecular complexity index is 1190. The Kier molecular flexibility index (Phi) is 6.13. The minimum Gasteiger partial charge on any atom is -0.494 e. The number of aryl methyl sites for hydroxylation is 1. The predicted molar refractivity (Wildman–Crippen MR) is 120 cm³/mol. The molecule has 0 unspecified atom stereocenters. The van der Waals surface area contributed by atoms with Gasteiger partial charge in [-0.15, -0.1) is 10.2 Å². The number of hydrogen-bond acceptors (Lipinski definition) is 7. The Morgan fingerprint density at radius 2 is 1.77 bits per heavy atom. The van der Waals surface area contributed by atoms with E-state index < -0.39 is 0 Å². The Morgan fingerprint density at radius 3 is 2.45 bits per heavy atom. The average Bonchev–Trinajstić information content (AvgIpc) is 3.35. The van der Waals surface area contributed by atoms with Gasteiger partial charge in [-0.2, -0.15) is 9.61 Å². The van der Waals surface area contributed by atoms with Crippen molar-refractivity contribution in [2.24, 2.45) is 0 Å². The molecule has 4 aromatic rings. The van der Waals surface area contributed by atoms with Crippen molar-refractivity contribution in [2.45, 2.75) is 27.2 Å². The van der Waals surface area contributed by atoms with Crippen LogP contribution in [0.25, 0.3) is 15.5 Å². The van der Waals surface area contributed by atoms with Crippen LogP contribution in [0.2, 0.25) is 0 Å². The number of anilines is 1. The Labute approximate surface area is 183 Å². The maximum absolute atomic E-state index is 12.9. The van der Waals surface area contributed by atoms with Gasteiger partial charge in [0.25, 0.3) is 5.91 Å². The minimum absolute atomic E-state index is 0.244. The smallest absolute Gasteiger partial charge is 0.255 e. The summed E-state index contributed by atoms with van der Waals surface area (Å²) in [6, 6.07) is 12.8. The Morgan fingerprint density at radius 1 is 1.03 bits per heavy atom. The first-order chi connectivity index (χ1) is 15.1. The number of hydrogen-bond donors (Lipinski definition) is 1. The normalized spacial score (nSPS) is 10.9. The summed E-state index contributed by atoms with van der Waals surface area (Å²) in [6.45, 7) is 6.82. The molecule has 2 heterocycles. The zero-order chi connectivity index (χ0) is 21.8. The molecule has 0 aliphatic carbocycles. The van der Waals surface area contributed by atoms with Gasteiger partial charge in [0, 0.05) is 29.3 Å². The second-order valence-corrected chi connectivity index (χ2v) is 7.62. The molecule has 0 saturated heterocycles. The van der Waals surface area contributed by atoms with Crippen LogP contribution in [0.15, 0.2) is 42.5 Å². The number of carbonyl (C=O) groups is 1. The molecule has 0 saturated carbocycles. The summed E-state index contributed by atoms with van der Waals surface area (Å²) < 4.78 is 12.9. The van der Waals surface area contributed by atoms with Crippen molar-refractivity contribution < 1.29 is 14.3 Å². The number of carbonyl (C=O) groups excluding carboxylic acids is 1. The summed E-state index contributed by atoms with van der Waals surface area (Å²) in [7, 11) is 0. The van der Waals surface area contributed by atoms with Gasteiger partial charge in [-0.3, -0.25) is 4.79 Å². The first-order valence-corrected chi connectivity index (χ1v) is 11.0. The number of aromatic nitrogens is 4. The number of rotatable bonds is 8. The molecule has 0 radical (unpaired) electrons. The van der Waals surface area contributed by atoms with E-state index in [-0.39, 0.29) is 5.91 Å². The standard InChI is InChI=1S/C22H23N5O3S/c1-4-19-24-25-22-27(19)26-21(31-22)14-8-7-9-16(10-14)23-20(28)15-11-17(29-5-2)13-18(12-15)30-6-3/h7-13H,4-6H2,1-3H3,(H,23,28). The highest BCUT2D eigenvalue weighted by molar-refractivity contribution is 7.19. The predicted octanol–water partition coefficient (Wildman–Crippen LogP) is 4.46. The SMILES string of the molecule is CCOc1cc(OCC)cc(C(=O)Nc2cccc(-c3nn4c(CC)nnc4s3)c2)c1. The summed E-state index contributed by atoms with van der Waals surface area (Å²) in [5.74, 6) is 1.77. The van der Waals surface area contributed by atoms with Crippen LogP contribution in [0.5, 0.6) is 11.5 Å². The van der Waals surface area contributed by atoms with Gasteiger partial charge in [-0.05, 0) is 38.1 Å². The highest BCUT2D eigenvalue weighted by Crippen LogP contribution is 2.28.